The molecule has 1 aliphatic heterocycles. The third kappa shape index (κ3) is 3.19. The molecule has 2 saturated carbocycles. The molecule has 2 fully saturated rings. The van der Waals surface area contributed by atoms with E-state index < -0.39 is 0 Å². The van der Waals surface area contributed by atoms with E-state index in [2.05, 4.69) is 59.4 Å². The number of hydrogen-bond acceptors (Lipinski definition) is 5. The molecule has 33 heavy (non-hydrogen) atoms. The summed E-state index contributed by atoms with van der Waals surface area (Å²) in [6.45, 7) is 8.81. The second kappa shape index (κ2) is 7.19. The van der Waals surface area contributed by atoms with Gasteiger partial charge in [0.2, 0.25) is 0 Å². The third-order valence-corrected chi connectivity index (χ3v) is 7.79. The number of pyridine rings is 1. The highest BCUT2D eigenvalue weighted by atomic mass is 15.3. The first-order chi connectivity index (χ1) is 15.8. The van der Waals surface area contributed by atoms with E-state index >= 15 is 0 Å². The largest absolute Gasteiger partial charge is 0.383 e. The predicted molar refractivity (Wildman–Crippen MR) is 135 cm³/mol. The van der Waals surface area contributed by atoms with Gasteiger partial charge in [-0.15, -0.1) is 0 Å². The van der Waals surface area contributed by atoms with Gasteiger partial charge in [-0.2, -0.15) is 5.10 Å². The summed E-state index contributed by atoms with van der Waals surface area (Å²) in [7, 11) is 0. The van der Waals surface area contributed by atoms with Crippen LogP contribution in [-0.2, 0) is 0 Å². The van der Waals surface area contributed by atoms with Gasteiger partial charge in [-0.1, -0.05) is 31.6 Å². The van der Waals surface area contributed by atoms with Crippen molar-refractivity contribution in [2.24, 2.45) is 5.73 Å². The Morgan fingerprint density at radius 3 is 2.58 bits per heavy atom. The van der Waals surface area contributed by atoms with Crippen LogP contribution in [0.2, 0.25) is 0 Å². The average molecular weight is 441 g/mol. The molecule has 0 bridgehead atoms. The maximum absolute atomic E-state index is 6.39. The summed E-state index contributed by atoms with van der Waals surface area (Å²) in [5.41, 5.74) is 20.3. The summed E-state index contributed by atoms with van der Waals surface area (Å²) in [5.74, 6) is 0.517. The molecule has 6 heteroatoms. The van der Waals surface area contributed by atoms with Gasteiger partial charge in [0.05, 0.1) is 16.9 Å². The number of rotatable bonds is 3. The van der Waals surface area contributed by atoms with E-state index in [-0.39, 0.29) is 11.6 Å². The van der Waals surface area contributed by atoms with Crippen molar-refractivity contribution in [1.29, 1.82) is 0 Å². The summed E-state index contributed by atoms with van der Waals surface area (Å²) in [6.07, 6.45) is 10.9. The Labute approximate surface area is 195 Å². The van der Waals surface area contributed by atoms with Crippen LogP contribution in [0.3, 0.4) is 0 Å². The molecule has 0 spiro atoms. The van der Waals surface area contributed by atoms with E-state index in [0.717, 1.165) is 40.7 Å². The van der Waals surface area contributed by atoms with Crippen LogP contribution in [0, 0.1) is 0 Å². The number of benzene rings is 1. The summed E-state index contributed by atoms with van der Waals surface area (Å²) in [6, 6.07) is 9.44. The Morgan fingerprint density at radius 1 is 1.09 bits per heavy atom. The van der Waals surface area contributed by atoms with Gasteiger partial charge in [0, 0.05) is 40.8 Å². The normalized spacial score (nSPS) is 25.3. The molecule has 4 N–H and O–H groups in total. The van der Waals surface area contributed by atoms with Crippen molar-refractivity contribution < 1.29 is 0 Å². The summed E-state index contributed by atoms with van der Waals surface area (Å²) in [5, 5.41) is 6.00. The molecular formula is C27H32N6. The highest BCUT2D eigenvalue weighted by Gasteiger charge is 2.39. The van der Waals surface area contributed by atoms with Crippen LogP contribution in [0.1, 0.15) is 69.5 Å². The number of aromatic nitrogens is 3. The fraction of sp³-hybridized carbons (Fsp3) is 0.407. The van der Waals surface area contributed by atoms with Gasteiger partial charge in [0.1, 0.15) is 11.5 Å². The van der Waals surface area contributed by atoms with Crippen LogP contribution in [0.4, 0.5) is 5.82 Å². The minimum atomic E-state index is -0.126. The van der Waals surface area contributed by atoms with E-state index in [9.17, 15) is 0 Å². The molecule has 3 heterocycles. The Morgan fingerprint density at radius 2 is 1.85 bits per heavy atom. The molecule has 3 aliphatic rings. The van der Waals surface area contributed by atoms with Crippen LogP contribution in [0.15, 0.2) is 43.2 Å². The van der Waals surface area contributed by atoms with Crippen molar-refractivity contribution in [1.82, 2.24) is 19.7 Å². The third-order valence-electron chi connectivity index (χ3n) is 7.79. The first kappa shape index (κ1) is 20.5. The fourth-order valence-electron chi connectivity index (χ4n) is 6.06. The van der Waals surface area contributed by atoms with Gasteiger partial charge in [0.25, 0.3) is 0 Å². The number of nitrogen functional groups attached to an aromatic ring is 1. The zero-order valence-corrected chi connectivity index (χ0v) is 19.5. The van der Waals surface area contributed by atoms with Gasteiger partial charge in [-0.3, -0.25) is 4.68 Å². The van der Waals surface area contributed by atoms with E-state index in [0.29, 0.717) is 11.9 Å². The Bertz CT molecular complexity index is 1300. The van der Waals surface area contributed by atoms with Crippen molar-refractivity contribution >= 4 is 28.0 Å². The summed E-state index contributed by atoms with van der Waals surface area (Å²) in [4.78, 5) is 6.78. The molecule has 2 aliphatic carbocycles. The Hall–Kier alpha value is -3.12. The topological polar surface area (TPSA) is 86.0 Å². The molecule has 0 saturated heterocycles. The highest BCUT2D eigenvalue weighted by Crippen LogP contribution is 2.44. The second-order valence-corrected chi connectivity index (χ2v) is 10.5. The Kier molecular flexibility index (Phi) is 4.46. The smallest absolute Gasteiger partial charge is 0.135 e. The lowest BCUT2D eigenvalue weighted by molar-refractivity contribution is 0.164. The monoisotopic (exact) mass is 440 g/mol. The maximum atomic E-state index is 6.39. The van der Waals surface area contributed by atoms with Crippen LogP contribution < -0.4 is 11.5 Å². The zero-order chi connectivity index (χ0) is 22.9. The molecule has 0 atom stereocenters. The standard InChI is InChI=1S/C27H32N6/c1-16-15-32(19-6-4-5-7-19)17(2)22-12-18(8-9-21(16)22)25-24-23(10-11-30-26(24)28)33(31-25)20-13-27(3,29)14-20/h8-12,15,19-20H,2,4-7,13-14,29H2,1,3H3,(H2,28,30). The van der Waals surface area contributed by atoms with E-state index in [1.165, 1.54) is 42.4 Å². The number of nitrogens with zero attached hydrogens (tertiary/aromatic N) is 4. The SMILES string of the molecule is C=C1c2cc(-c3nn(C4CC(C)(N)C4)c4ccnc(N)c34)ccc2C(C)=CN1C1CCCC1. The van der Waals surface area contributed by atoms with Gasteiger partial charge >= 0.3 is 0 Å². The minimum absolute atomic E-state index is 0.126. The van der Waals surface area contributed by atoms with E-state index in [4.69, 9.17) is 16.6 Å². The molecule has 6 nitrogen and oxygen atoms in total. The van der Waals surface area contributed by atoms with E-state index in [1.807, 2.05) is 6.07 Å². The number of anilines is 1. The van der Waals surface area contributed by atoms with Gasteiger partial charge in [-0.05, 0) is 62.8 Å². The minimum Gasteiger partial charge on any atom is -0.383 e. The molecule has 0 radical (unpaired) electrons. The van der Waals surface area contributed by atoms with Crippen molar-refractivity contribution in [3.05, 3.63) is 54.4 Å². The molecule has 2 aromatic heterocycles. The lowest BCUT2D eigenvalue weighted by Crippen LogP contribution is -2.49. The van der Waals surface area contributed by atoms with Crippen LogP contribution in [-0.4, -0.2) is 31.2 Å². The summed E-state index contributed by atoms with van der Waals surface area (Å²) < 4.78 is 2.11. The first-order valence-corrected chi connectivity index (χ1v) is 12.0. The molecule has 0 unspecified atom stereocenters. The quantitative estimate of drug-likeness (QED) is 0.575. The predicted octanol–water partition coefficient (Wildman–Crippen LogP) is 5.32. The average Bonchev–Trinajstić information content (AvgIpc) is 3.43. The molecular weight excluding hydrogens is 408 g/mol. The summed E-state index contributed by atoms with van der Waals surface area (Å²) >= 11 is 0. The molecule has 3 aromatic rings. The molecule has 1 aromatic carbocycles. The second-order valence-electron chi connectivity index (χ2n) is 10.5. The zero-order valence-electron chi connectivity index (χ0n) is 19.5. The van der Waals surface area contributed by atoms with Crippen molar-refractivity contribution in [3.8, 4) is 11.3 Å². The van der Waals surface area contributed by atoms with Crippen LogP contribution in [0.5, 0.6) is 0 Å². The van der Waals surface area contributed by atoms with Crippen LogP contribution in [0.25, 0.3) is 33.4 Å². The van der Waals surface area contributed by atoms with E-state index in [1.54, 1.807) is 6.20 Å². The maximum Gasteiger partial charge on any atom is 0.135 e. The highest BCUT2D eigenvalue weighted by molar-refractivity contribution is 6.01. The number of hydrogen-bond donors (Lipinski definition) is 2. The van der Waals surface area contributed by atoms with Crippen molar-refractivity contribution in [3.63, 3.8) is 0 Å². The number of allylic oxidation sites excluding steroid dienone is 1. The lowest BCUT2D eigenvalue weighted by Gasteiger charge is -2.42. The van der Waals surface area contributed by atoms with Crippen LogP contribution >= 0.6 is 0 Å². The van der Waals surface area contributed by atoms with Crippen molar-refractivity contribution in [2.45, 2.75) is 70.0 Å². The van der Waals surface area contributed by atoms with Crippen molar-refractivity contribution in [2.75, 3.05) is 5.73 Å². The number of nitrogens with two attached hydrogens (primary N) is 2. The molecule has 0 amide bonds. The fourth-order valence-corrected chi connectivity index (χ4v) is 6.06. The number of fused-ring (bicyclic) bond motifs is 2. The van der Waals surface area contributed by atoms with Gasteiger partial charge in [-0.25, -0.2) is 4.98 Å². The lowest BCUT2D eigenvalue weighted by atomic mass is 9.75. The van der Waals surface area contributed by atoms with Gasteiger partial charge in [0.15, 0.2) is 0 Å². The molecule has 6 rings (SSSR count). The van der Waals surface area contributed by atoms with Gasteiger partial charge < -0.3 is 16.4 Å². The first-order valence-electron chi connectivity index (χ1n) is 12.0. The molecule has 170 valence electrons. The Balaban J connectivity index is 1.46.